The van der Waals surface area contributed by atoms with Crippen molar-refractivity contribution in [2.75, 3.05) is 7.05 Å². The number of aliphatic imine (C=N–C) groups is 1. The monoisotopic (exact) mass is 536 g/mol. The number of guanidine groups is 1. The van der Waals surface area contributed by atoms with E-state index >= 15 is 0 Å². The van der Waals surface area contributed by atoms with Gasteiger partial charge in [-0.2, -0.15) is 0 Å². The Morgan fingerprint density at radius 1 is 1.07 bits per heavy atom. The zero-order chi connectivity index (χ0) is 20.5. The number of aryl methyl sites for hydroxylation is 1. The molecule has 6 nitrogen and oxygen atoms in total. The molecular formula is C22H25IN4O2S. The smallest absolute Gasteiger partial charge is 0.338 e. The summed E-state index contributed by atoms with van der Waals surface area (Å²) in [5.74, 6) is 0.340. The first-order valence-corrected chi connectivity index (χ1v) is 10.1. The van der Waals surface area contributed by atoms with E-state index in [4.69, 9.17) is 4.74 Å². The summed E-state index contributed by atoms with van der Waals surface area (Å²) in [6, 6.07) is 17.0. The fourth-order valence-corrected chi connectivity index (χ4v) is 3.39. The molecule has 0 aliphatic carbocycles. The number of nitrogens with zero attached hydrogens (tertiary/aromatic N) is 2. The summed E-state index contributed by atoms with van der Waals surface area (Å²) in [5, 5.41) is 7.50. The van der Waals surface area contributed by atoms with Crippen LogP contribution < -0.4 is 10.6 Å². The highest BCUT2D eigenvalue weighted by Crippen LogP contribution is 2.11. The third kappa shape index (κ3) is 7.42. The number of esters is 1. The summed E-state index contributed by atoms with van der Waals surface area (Å²) in [6.45, 7) is 3.45. The fraction of sp³-hybridized carbons (Fsp3) is 0.227. The van der Waals surface area contributed by atoms with Crippen molar-refractivity contribution in [3.8, 4) is 0 Å². The van der Waals surface area contributed by atoms with Crippen LogP contribution in [0.5, 0.6) is 0 Å². The first-order valence-electron chi connectivity index (χ1n) is 9.30. The minimum Gasteiger partial charge on any atom is -0.457 e. The molecule has 0 spiro atoms. The minimum absolute atomic E-state index is 0. The third-order valence-electron chi connectivity index (χ3n) is 4.14. The van der Waals surface area contributed by atoms with Crippen LogP contribution in [0, 0.1) is 6.92 Å². The Kier molecular flexibility index (Phi) is 9.75. The molecule has 1 aromatic heterocycles. The van der Waals surface area contributed by atoms with E-state index in [0.29, 0.717) is 24.6 Å². The molecule has 2 aromatic carbocycles. The van der Waals surface area contributed by atoms with Crippen LogP contribution >= 0.6 is 35.3 Å². The van der Waals surface area contributed by atoms with E-state index in [1.54, 1.807) is 24.5 Å². The molecule has 0 saturated carbocycles. The molecule has 0 saturated heterocycles. The standard InChI is InChI=1S/C22H24N4O2S.HI/c1-16-12-24-20(29-16)14-26-22(23-2)25-13-18-9-6-10-19(11-18)21(27)28-15-17-7-4-3-5-8-17;/h3-12H,13-15H2,1-2H3,(H2,23,25,26);1H. The van der Waals surface area contributed by atoms with Crippen LogP contribution in [-0.4, -0.2) is 24.0 Å². The molecule has 0 amide bonds. The topological polar surface area (TPSA) is 75.6 Å². The largest absolute Gasteiger partial charge is 0.457 e. The van der Waals surface area contributed by atoms with Gasteiger partial charge in [-0.05, 0) is 30.2 Å². The number of thiazole rings is 1. The Morgan fingerprint density at radius 2 is 1.80 bits per heavy atom. The van der Waals surface area contributed by atoms with Gasteiger partial charge in [-0.15, -0.1) is 35.3 Å². The van der Waals surface area contributed by atoms with Crippen molar-refractivity contribution < 1.29 is 9.53 Å². The fourth-order valence-electron chi connectivity index (χ4n) is 2.66. The molecule has 0 radical (unpaired) electrons. The summed E-state index contributed by atoms with van der Waals surface area (Å²) in [4.78, 5) is 22.1. The number of hydrogen-bond donors (Lipinski definition) is 2. The highest BCUT2D eigenvalue weighted by molar-refractivity contribution is 14.0. The molecule has 0 atom stereocenters. The number of benzene rings is 2. The number of hydrogen-bond acceptors (Lipinski definition) is 5. The average Bonchev–Trinajstić information content (AvgIpc) is 3.18. The first kappa shape index (κ1) is 23.8. The van der Waals surface area contributed by atoms with Crippen molar-refractivity contribution in [1.82, 2.24) is 15.6 Å². The molecule has 0 fully saturated rings. The first-order chi connectivity index (χ1) is 14.1. The van der Waals surface area contributed by atoms with E-state index in [2.05, 4.69) is 20.6 Å². The van der Waals surface area contributed by atoms with Gasteiger partial charge in [-0.3, -0.25) is 4.99 Å². The molecule has 2 N–H and O–H groups in total. The van der Waals surface area contributed by atoms with Gasteiger partial charge in [-0.1, -0.05) is 42.5 Å². The Balaban J connectivity index is 0.00000320. The van der Waals surface area contributed by atoms with E-state index in [1.165, 1.54) is 4.88 Å². The highest BCUT2D eigenvalue weighted by atomic mass is 127. The van der Waals surface area contributed by atoms with Crippen LogP contribution in [0.15, 0.2) is 65.8 Å². The van der Waals surface area contributed by atoms with Crippen molar-refractivity contribution in [2.24, 2.45) is 4.99 Å². The van der Waals surface area contributed by atoms with Gasteiger partial charge >= 0.3 is 5.97 Å². The van der Waals surface area contributed by atoms with Gasteiger partial charge in [0.25, 0.3) is 0 Å². The van der Waals surface area contributed by atoms with Gasteiger partial charge in [-0.25, -0.2) is 9.78 Å². The van der Waals surface area contributed by atoms with E-state index in [-0.39, 0.29) is 36.6 Å². The number of rotatable bonds is 7. The molecular weight excluding hydrogens is 511 g/mol. The summed E-state index contributed by atoms with van der Waals surface area (Å²) >= 11 is 1.66. The predicted molar refractivity (Wildman–Crippen MR) is 131 cm³/mol. The third-order valence-corrected chi connectivity index (χ3v) is 5.05. The molecule has 158 valence electrons. The van der Waals surface area contributed by atoms with Crippen molar-refractivity contribution in [2.45, 2.75) is 26.6 Å². The van der Waals surface area contributed by atoms with Crippen LogP contribution in [-0.2, 0) is 24.4 Å². The molecule has 30 heavy (non-hydrogen) atoms. The SMILES string of the molecule is CN=C(NCc1cccc(C(=O)OCc2ccccc2)c1)NCc1ncc(C)s1.I. The molecule has 0 aliphatic rings. The number of ether oxygens (including phenoxy) is 1. The number of halogens is 1. The van der Waals surface area contributed by atoms with Crippen molar-refractivity contribution >= 4 is 47.2 Å². The second-order valence-electron chi connectivity index (χ2n) is 6.41. The van der Waals surface area contributed by atoms with Crippen LogP contribution in [0.3, 0.4) is 0 Å². The normalized spacial score (nSPS) is 10.8. The summed E-state index contributed by atoms with van der Waals surface area (Å²) < 4.78 is 5.40. The molecule has 8 heteroatoms. The van der Waals surface area contributed by atoms with Crippen molar-refractivity contribution in [1.29, 1.82) is 0 Å². The molecule has 3 aromatic rings. The minimum atomic E-state index is -0.336. The quantitative estimate of drug-likeness (QED) is 0.204. The van der Waals surface area contributed by atoms with Crippen LogP contribution in [0.1, 0.15) is 31.4 Å². The van der Waals surface area contributed by atoms with Gasteiger partial charge < -0.3 is 15.4 Å². The van der Waals surface area contributed by atoms with Crippen LogP contribution in [0.2, 0.25) is 0 Å². The van der Waals surface area contributed by atoms with Crippen LogP contribution in [0.4, 0.5) is 0 Å². The van der Waals surface area contributed by atoms with E-state index in [1.807, 2.05) is 61.7 Å². The van der Waals surface area contributed by atoms with Gasteiger partial charge in [0, 0.05) is 24.7 Å². The van der Waals surface area contributed by atoms with Gasteiger partial charge in [0.2, 0.25) is 0 Å². The molecule has 0 aliphatic heterocycles. The molecule has 0 unspecified atom stereocenters. The Hall–Kier alpha value is -2.46. The Morgan fingerprint density at radius 3 is 2.50 bits per heavy atom. The highest BCUT2D eigenvalue weighted by Gasteiger charge is 2.09. The van der Waals surface area contributed by atoms with Crippen molar-refractivity contribution in [3.05, 3.63) is 87.4 Å². The van der Waals surface area contributed by atoms with Gasteiger partial charge in [0.1, 0.15) is 11.6 Å². The lowest BCUT2D eigenvalue weighted by Crippen LogP contribution is -2.36. The predicted octanol–water partition coefficient (Wildman–Crippen LogP) is 4.29. The lowest BCUT2D eigenvalue weighted by Gasteiger charge is -2.12. The lowest BCUT2D eigenvalue weighted by atomic mass is 10.1. The Bertz CT molecular complexity index is 976. The lowest BCUT2D eigenvalue weighted by molar-refractivity contribution is 0.0472. The maximum atomic E-state index is 12.3. The van der Waals surface area contributed by atoms with Gasteiger partial charge in [0.05, 0.1) is 12.1 Å². The number of carbonyl (C=O) groups is 1. The number of carbonyl (C=O) groups excluding carboxylic acids is 1. The number of aromatic nitrogens is 1. The second-order valence-corrected chi connectivity index (χ2v) is 7.73. The summed E-state index contributed by atoms with van der Waals surface area (Å²) in [6.07, 6.45) is 1.86. The van der Waals surface area contributed by atoms with Crippen molar-refractivity contribution in [3.63, 3.8) is 0 Å². The van der Waals surface area contributed by atoms with Gasteiger partial charge in [0.15, 0.2) is 5.96 Å². The summed E-state index contributed by atoms with van der Waals surface area (Å²) in [5.41, 5.74) is 2.46. The zero-order valence-corrected chi connectivity index (χ0v) is 20.1. The van der Waals surface area contributed by atoms with E-state index in [0.717, 1.165) is 16.1 Å². The maximum Gasteiger partial charge on any atom is 0.338 e. The Labute approximate surface area is 197 Å². The molecule has 0 bridgehead atoms. The summed E-state index contributed by atoms with van der Waals surface area (Å²) in [7, 11) is 1.72. The zero-order valence-electron chi connectivity index (χ0n) is 16.9. The van der Waals surface area contributed by atoms with Crippen LogP contribution in [0.25, 0.3) is 0 Å². The molecule has 3 rings (SSSR count). The maximum absolute atomic E-state index is 12.3. The number of nitrogens with one attached hydrogen (secondary N) is 2. The second kappa shape index (κ2) is 12.3. The van der Waals surface area contributed by atoms with E-state index in [9.17, 15) is 4.79 Å². The average molecular weight is 536 g/mol. The van der Waals surface area contributed by atoms with E-state index < -0.39 is 0 Å². The molecule has 1 heterocycles.